The van der Waals surface area contributed by atoms with Crippen LogP contribution in [-0.4, -0.2) is 31.9 Å². The first-order chi connectivity index (χ1) is 9.30. The van der Waals surface area contributed by atoms with Gasteiger partial charge in [0, 0.05) is 12.3 Å². The summed E-state index contributed by atoms with van der Waals surface area (Å²) in [5, 5.41) is 3.92. The van der Waals surface area contributed by atoms with Gasteiger partial charge < -0.3 is 15.0 Å². The van der Waals surface area contributed by atoms with Crippen molar-refractivity contribution in [2.45, 2.75) is 5.75 Å². The number of hydrogen-bond acceptors (Lipinski definition) is 7. The molecule has 0 saturated carbocycles. The fourth-order valence-corrected chi connectivity index (χ4v) is 2.31. The summed E-state index contributed by atoms with van der Waals surface area (Å²) < 4.78 is 32.6. The lowest BCUT2D eigenvalue weighted by Crippen LogP contribution is -2.02. The Morgan fingerprint density at radius 1 is 1.45 bits per heavy atom. The lowest BCUT2D eigenvalue weighted by Gasteiger charge is -2.07. The summed E-state index contributed by atoms with van der Waals surface area (Å²) in [6.45, 7) is 0. The average molecular weight is 318 g/mol. The van der Waals surface area contributed by atoms with Crippen LogP contribution in [0.3, 0.4) is 0 Å². The molecule has 20 heavy (non-hydrogen) atoms. The molecule has 9 heteroatoms. The molecule has 0 aliphatic rings. The predicted molar refractivity (Wildman–Crippen MR) is 74.3 cm³/mol. The highest BCUT2D eigenvalue weighted by atomic mass is 35.5. The van der Waals surface area contributed by atoms with E-state index in [0.717, 1.165) is 6.26 Å². The number of nitrogens with zero attached hydrogens (tertiary/aromatic N) is 2. The van der Waals surface area contributed by atoms with Crippen molar-refractivity contribution in [1.82, 2.24) is 10.1 Å². The van der Waals surface area contributed by atoms with E-state index in [4.69, 9.17) is 26.6 Å². The monoisotopic (exact) mass is 317 g/mol. The van der Waals surface area contributed by atoms with Crippen molar-refractivity contribution in [3.05, 3.63) is 23.0 Å². The second kappa shape index (κ2) is 5.29. The van der Waals surface area contributed by atoms with Gasteiger partial charge in [0.1, 0.15) is 11.5 Å². The zero-order valence-corrected chi connectivity index (χ0v) is 12.3. The van der Waals surface area contributed by atoms with E-state index in [1.165, 1.54) is 19.2 Å². The van der Waals surface area contributed by atoms with Crippen LogP contribution in [0.4, 0.5) is 5.69 Å². The van der Waals surface area contributed by atoms with Gasteiger partial charge in [-0.25, -0.2) is 8.42 Å². The molecule has 0 atom stereocenters. The lowest BCUT2D eigenvalue weighted by atomic mass is 10.2. The van der Waals surface area contributed by atoms with Crippen molar-refractivity contribution >= 4 is 27.1 Å². The molecule has 0 fully saturated rings. The highest BCUT2D eigenvalue weighted by Gasteiger charge is 2.18. The minimum atomic E-state index is -3.24. The fourth-order valence-electron chi connectivity index (χ4n) is 1.56. The largest absolute Gasteiger partial charge is 0.496 e. The summed E-state index contributed by atoms with van der Waals surface area (Å²) in [5.74, 6) is 0.281. The Bertz CT molecular complexity index is 742. The molecule has 0 aliphatic heterocycles. The number of methoxy groups -OCH3 is 1. The summed E-state index contributed by atoms with van der Waals surface area (Å²) >= 11 is 5.94. The molecule has 0 bridgehead atoms. The number of halogens is 1. The van der Waals surface area contributed by atoms with E-state index in [9.17, 15) is 8.42 Å². The van der Waals surface area contributed by atoms with Gasteiger partial charge in [0.25, 0.3) is 5.89 Å². The lowest BCUT2D eigenvalue weighted by molar-refractivity contribution is 0.403. The number of anilines is 1. The topological polar surface area (TPSA) is 108 Å². The van der Waals surface area contributed by atoms with Gasteiger partial charge >= 0.3 is 0 Å². The van der Waals surface area contributed by atoms with Crippen molar-refractivity contribution in [2.75, 3.05) is 19.1 Å². The zero-order valence-electron chi connectivity index (χ0n) is 10.8. The van der Waals surface area contributed by atoms with Crippen LogP contribution in [0.15, 0.2) is 16.7 Å². The molecule has 1 heterocycles. The van der Waals surface area contributed by atoms with Crippen molar-refractivity contribution in [1.29, 1.82) is 0 Å². The molecule has 0 unspecified atom stereocenters. The van der Waals surface area contributed by atoms with Gasteiger partial charge in [-0.1, -0.05) is 16.8 Å². The summed E-state index contributed by atoms with van der Waals surface area (Å²) in [4.78, 5) is 4.01. The second-order valence-corrected chi connectivity index (χ2v) is 6.71. The molecule has 2 aromatic rings. The van der Waals surface area contributed by atoms with Crippen LogP contribution >= 0.6 is 11.6 Å². The van der Waals surface area contributed by atoms with Crippen LogP contribution in [0.2, 0.25) is 5.02 Å². The van der Waals surface area contributed by atoms with Crippen molar-refractivity contribution in [3.63, 3.8) is 0 Å². The summed E-state index contributed by atoms with van der Waals surface area (Å²) in [5.41, 5.74) is 6.47. The fraction of sp³-hybridized carbons (Fsp3) is 0.273. The maximum atomic E-state index is 11.2. The molecule has 2 rings (SSSR count). The Balaban J connectivity index is 2.44. The molecule has 108 valence electrons. The van der Waals surface area contributed by atoms with Gasteiger partial charge in [0.05, 0.1) is 23.4 Å². The van der Waals surface area contributed by atoms with E-state index in [1.54, 1.807) is 0 Å². The molecule has 0 amide bonds. The Labute approximate surface area is 120 Å². The molecule has 0 saturated heterocycles. The number of rotatable bonds is 4. The van der Waals surface area contributed by atoms with Crippen molar-refractivity contribution in [2.24, 2.45) is 0 Å². The third-order valence-corrected chi connectivity index (χ3v) is 3.52. The minimum Gasteiger partial charge on any atom is -0.496 e. The van der Waals surface area contributed by atoms with Crippen LogP contribution in [0.5, 0.6) is 5.75 Å². The van der Waals surface area contributed by atoms with Gasteiger partial charge in [-0.05, 0) is 6.07 Å². The first-order valence-corrected chi connectivity index (χ1v) is 7.87. The number of aromatic nitrogens is 2. The van der Waals surface area contributed by atoms with Gasteiger partial charge in [0.2, 0.25) is 0 Å². The Morgan fingerprint density at radius 2 is 2.15 bits per heavy atom. The third-order valence-electron chi connectivity index (χ3n) is 2.41. The van der Waals surface area contributed by atoms with Crippen LogP contribution < -0.4 is 10.5 Å². The molecule has 0 aliphatic carbocycles. The number of ether oxygens (including phenoxy) is 1. The molecular weight excluding hydrogens is 306 g/mol. The molecule has 7 nitrogen and oxygen atoms in total. The molecule has 0 spiro atoms. The maximum Gasteiger partial charge on any atom is 0.261 e. The van der Waals surface area contributed by atoms with Crippen molar-refractivity contribution in [3.8, 4) is 17.2 Å². The van der Waals surface area contributed by atoms with E-state index in [-0.39, 0.29) is 17.5 Å². The second-order valence-electron chi connectivity index (χ2n) is 4.16. The number of sulfone groups is 1. The number of benzene rings is 1. The highest BCUT2D eigenvalue weighted by Crippen LogP contribution is 2.35. The molecular formula is C11H12ClN3O4S. The van der Waals surface area contributed by atoms with Gasteiger partial charge in [-0.3, -0.25) is 0 Å². The zero-order chi connectivity index (χ0) is 14.9. The first-order valence-electron chi connectivity index (χ1n) is 5.44. The number of hydrogen-bond donors (Lipinski definition) is 1. The maximum absolute atomic E-state index is 11.2. The van der Waals surface area contributed by atoms with E-state index in [0.29, 0.717) is 22.0 Å². The van der Waals surface area contributed by atoms with Crippen molar-refractivity contribution < 1.29 is 17.7 Å². The van der Waals surface area contributed by atoms with E-state index in [2.05, 4.69) is 10.1 Å². The minimum absolute atomic E-state index is 0.0671. The summed E-state index contributed by atoms with van der Waals surface area (Å²) in [7, 11) is -1.78. The normalized spacial score (nSPS) is 11.6. The van der Waals surface area contributed by atoms with Crippen LogP contribution in [-0.2, 0) is 15.6 Å². The molecule has 1 aromatic heterocycles. The average Bonchev–Trinajstić information content (AvgIpc) is 2.78. The van der Waals surface area contributed by atoms with Gasteiger partial charge in [-0.2, -0.15) is 4.98 Å². The molecule has 2 N–H and O–H groups in total. The SMILES string of the molecule is COc1cc(N)c(Cl)cc1-c1nc(CS(C)(=O)=O)no1. The third kappa shape index (κ3) is 3.20. The quantitative estimate of drug-likeness (QED) is 0.851. The summed E-state index contributed by atoms with van der Waals surface area (Å²) in [6.07, 6.45) is 1.09. The summed E-state index contributed by atoms with van der Waals surface area (Å²) in [6, 6.07) is 3.05. The van der Waals surface area contributed by atoms with E-state index in [1.807, 2.05) is 0 Å². The van der Waals surface area contributed by atoms with Gasteiger partial charge in [-0.15, -0.1) is 0 Å². The van der Waals surface area contributed by atoms with Gasteiger partial charge in [0.15, 0.2) is 15.7 Å². The Hall–Kier alpha value is -1.80. The Morgan fingerprint density at radius 3 is 2.75 bits per heavy atom. The van der Waals surface area contributed by atoms with Crippen LogP contribution in [0, 0.1) is 0 Å². The standard InChI is InChI=1S/C11H12ClN3O4S/c1-18-9-4-8(13)7(12)3-6(9)11-14-10(15-19-11)5-20(2,16)17/h3-4H,5,13H2,1-2H3. The van der Waals surface area contributed by atoms with E-state index < -0.39 is 9.84 Å². The van der Waals surface area contributed by atoms with E-state index >= 15 is 0 Å². The molecule has 0 radical (unpaired) electrons. The smallest absolute Gasteiger partial charge is 0.261 e. The number of nitrogen functional groups attached to an aromatic ring is 1. The highest BCUT2D eigenvalue weighted by molar-refractivity contribution is 7.89. The first kappa shape index (κ1) is 14.6. The van der Waals surface area contributed by atoms with Crippen LogP contribution in [0.25, 0.3) is 11.5 Å². The predicted octanol–water partition coefficient (Wildman–Crippen LogP) is 1.53. The van der Waals surface area contributed by atoms with Crippen LogP contribution in [0.1, 0.15) is 5.82 Å². The number of nitrogens with two attached hydrogens (primary N) is 1. The Kier molecular flexibility index (Phi) is 3.87. The molecule has 1 aromatic carbocycles.